The van der Waals surface area contributed by atoms with Gasteiger partial charge in [0.05, 0.1) is 4.92 Å². The number of carbonyl (C=O) groups is 1. The molecule has 8 heteroatoms. The van der Waals surface area contributed by atoms with Gasteiger partial charge in [-0.1, -0.05) is 13.8 Å². The highest BCUT2D eigenvalue weighted by Crippen LogP contribution is 2.29. The molecule has 1 atom stereocenters. The van der Waals surface area contributed by atoms with E-state index in [1.807, 2.05) is 13.8 Å². The Morgan fingerprint density at radius 1 is 1.33 bits per heavy atom. The number of nitrogens with zero attached hydrogens (tertiary/aromatic N) is 1. The Balaban J connectivity index is 2.93. The van der Waals surface area contributed by atoms with Crippen LogP contribution >= 0.6 is 0 Å². The third-order valence-electron chi connectivity index (χ3n) is 2.71. The molecule has 1 aromatic rings. The summed E-state index contributed by atoms with van der Waals surface area (Å²) in [7, 11) is 0. The highest BCUT2D eigenvalue weighted by Gasteiger charge is 2.24. The van der Waals surface area contributed by atoms with Gasteiger partial charge in [-0.05, 0) is 18.9 Å². The predicted octanol–water partition coefficient (Wildman–Crippen LogP) is 2.45. The number of amides is 1. The molecule has 21 heavy (non-hydrogen) atoms. The van der Waals surface area contributed by atoms with Gasteiger partial charge < -0.3 is 10.6 Å². The van der Waals surface area contributed by atoms with E-state index in [9.17, 15) is 23.7 Å². The molecule has 0 radical (unpaired) electrons. The van der Waals surface area contributed by atoms with E-state index in [0.29, 0.717) is 12.6 Å². The summed E-state index contributed by atoms with van der Waals surface area (Å²) in [5, 5.41) is 15.8. The van der Waals surface area contributed by atoms with Gasteiger partial charge in [-0.2, -0.15) is 0 Å². The zero-order valence-corrected chi connectivity index (χ0v) is 11.9. The van der Waals surface area contributed by atoms with Crippen LogP contribution in [0.25, 0.3) is 0 Å². The van der Waals surface area contributed by atoms with Crippen LogP contribution < -0.4 is 10.6 Å². The van der Waals surface area contributed by atoms with Gasteiger partial charge >= 0.3 is 0 Å². The maximum atomic E-state index is 13.7. The second-order valence-electron chi connectivity index (χ2n) is 5.02. The monoisotopic (exact) mass is 301 g/mol. The Labute approximate surface area is 120 Å². The van der Waals surface area contributed by atoms with Crippen LogP contribution in [0.5, 0.6) is 0 Å². The molecule has 0 saturated carbocycles. The van der Waals surface area contributed by atoms with Crippen LogP contribution in [0.2, 0.25) is 0 Å². The lowest BCUT2D eigenvalue weighted by Gasteiger charge is -2.16. The maximum absolute atomic E-state index is 13.7. The molecule has 0 bridgehead atoms. The van der Waals surface area contributed by atoms with E-state index >= 15 is 0 Å². The van der Waals surface area contributed by atoms with Gasteiger partial charge in [0.1, 0.15) is 6.04 Å². The molecule has 0 aromatic heterocycles. The fourth-order valence-electron chi connectivity index (χ4n) is 1.57. The van der Waals surface area contributed by atoms with Gasteiger partial charge in [-0.25, -0.2) is 8.78 Å². The molecule has 1 aromatic carbocycles. The van der Waals surface area contributed by atoms with Crippen molar-refractivity contribution in [1.29, 1.82) is 0 Å². The predicted molar refractivity (Wildman–Crippen MR) is 73.9 cm³/mol. The fraction of sp³-hybridized carbons (Fsp3) is 0.462. The quantitative estimate of drug-likeness (QED) is 0.624. The van der Waals surface area contributed by atoms with Gasteiger partial charge in [0.15, 0.2) is 17.3 Å². The molecular weight excluding hydrogens is 284 g/mol. The zero-order chi connectivity index (χ0) is 16.2. The summed E-state index contributed by atoms with van der Waals surface area (Å²) in [5.41, 5.74) is -1.26. The van der Waals surface area contributed by atoms with Crippen LogP contribution in [0.3, 0.4) is 0 Å². The molecule has 1 unspecified atom stereocenters. The topological polar surface area (TPSA) is 84.3 Å². The smallest absolute Gasteiger partial charge is 0.295 e. The highest BCUT2D eigenvalue weighted by atomic mass is 19.2. The number of halogens is 2. The van der Waals surface area contributed by atoms with E-state index in [0.717, 1.165) is 6.07 Å². The third kappa shape index (κ3) is 4.37. The second kappa shape index (κ2) is 6.96. The average Bonchev–Trinajstić information content (AvgIpc) is 2.40. The number of nitro benzene ring substituents is 1. The highest BCUT2D eigenvalue weighted by molar-refractivity contribution is 5.85. The largest absolute Gasteiger partial charge is 0.366 e. The number of nitrogens with one attached hydrogen (secondary N) is 2. The van der Waals surface area contributed by atoms with Crippen molar-refractivity contribution < 1.29 is 18.5 Å². The normalized spacial score (nSPS) is 12.1. The molecule has 0 aliphatic heterocycles. The van der Waals surface area contributed by atoms with Crippen LogP contribution in [0.4, 0.5) is 20.2 Å². The molecular formula is C13H17F2N3O3. The van der Waals surface area contributed by atoms with Gasteiger partial charge in [-0.15, -0.1) is 0 Å². The van der Waals surface area contributed by atoms with Crippen LogP contribution in [-0.2, 0) is 4.79 Å². The molecule has 1 amide bonds. The minimum atomic E-state index is -1.38. The Morgan fingerprint density at radius 3 is 2.48 bits per heavy atom. The maximum Gasteiger partial charge on any atom is 0.295 e. The minimum Gasteiger partial charge on any atom is -0.366 e. The molecule has 0 fully saturated rings. The lowest BCUT2D eigenvalue weighted by Crippen LogP contribution is -2.39. The third-order valence-corrected chi connectivity index (χ3v) is 2.71. The van der Waals surface area contributed by atoms with E-state index in [1.54, 1.807) is 0 Å². The standard InChI is InChI=1S/C13H17F2N3O3/c1-7(2)6-16-13(19)8(3)17-12-10(18(20)21)5-4-9(14)11(12)15/h4-5,7-8,17H,6H2,1-3H3,(H,16,19). The Bertz CT molecular complexity index is 550. The van der Waals surface area contributed by atoms with Crippen molar-refractivity contribution in [1.82, 2.24) is 5.32 Å². The number of benzene rings is 1. The summed E-state index contributed by atoms with van der Waals surface area (Å²) in [5.74, 6) is -2.84. The van der Waals surface area contributed by atoms with Gasteiger partial charge in [0, 0.05) is 12.6 Å². The summed E-state index contributed by atoms with van der Waals surface area (Å²) >= 11 is 0. The second-order valence-corrected chi connectivity index (χ2v) is 5.02. The number of hydrogen-bond donors (Lipinski definition) is 2. The fourth-order valence-corrected chi connectivity index (χ4v) is 1.57. The van der Waals surface area contributed by atoms with Crippen LogP contribution in [0, 0.1) is 27.7 Å². The first-order valence-corrected chi connectivity index (χ1v) is 6.40. The molecule has 0 spiro atoms. The molecule has 0 aliphatic rings. The summed E-state index contributed by atoms with van der Waals surface area (Å²) < 4.78 is 26.9. The molecule has 0 saturated heterocycles. The lowest BCUT2D eigenvalue weighted by atomic mass is 10.2. The van der Waals surface area contributed by atoms with E-state index < -0.39 is 39.9 Å². The number of hydrogen-bond acceptors (Lipinski definition) is 4. The zero-order valence-electron chi connectivity index (χ0n) is 11.9. The van der Waals surface area contributed by atoms with E-state index in [-0.39, 0.29) is 5.92 Å². The van der Waals surface area contributed by atoms with Crippen LogP contribution in [-0.4, -0.2) is 23.4 Å². The molecule has 0 aliphatic carbocycles. The molecule has 116 valence electrons. The van der Waals surface area contributed by atoms with Crippen molar-refractivity contribution in [3.05, 3.63) is 33.9 Å². The molecule has 2 N–H and O–H groups in total. The number of nitro groups is 1. The summed E-state index contributed by atoms with van der Waals surface area (Å²) in [4.78, 5) is 21.8. The van der Waals surface area contributed by atoms with Crippen molar-refractivity contribution in [2.45, 2.75) is 26.8 Å². The van der Waals surface area contributed by atoms with Crippen molar-refractivity contribution in [2.75, 3.05) is 11.9 Å². The Morgan fingerprint density at radius 2 is 1.95 bits per heavy atom. The van der Waals surface area contributed by atoms with Gasteiger partial charge in [0.2, 0.25) is 5.91 Å². The summed E-state index contributed by atoms with van der Waals surface area (Å²) in [6, 6.07) is 0.570. The Hall–Kier alpha value is -2.25. The molecule has 1 rings (SSSR count). The molecule has 0 heterocycles. The number of anilines is 1. The van der Waals surface area contributed by atoms with Gasteiger partial charge in [-0.3, -0.25) is 14.9 Å². The molecule has 6 nitrogen and oxygen atoms in total. The first kappa shape index (κ1) is 16.8. The van der Waals surface area contributed by atoms with Gasteiger partial charge in [0.25, 0.3) is 5.69 Å². The summed E-state index contributed by atoms with van der Waals surface area (Å²) in [6.45, 7) is 5.62. The minimum absolute atomic E-state index is 0.224. The number of carbonyl (C=O) groups excluding carboxylic acids is 1. The van der Waals surface area contributed by atoms with Crippen molar-refractivity contribution in [3.63, 3.8) is 0 Å². The summed E-state index contributed by atoms with van der Waals surface area (Å²) in [6.07, 6.45) is 0. The van der Waals surface area contributed by atoms with Crippen molar-refractivity contribution >= 4 is 17.3 Å². The van der Waals surface area contributed by atoms with E-state index in [1.165, 1.54) is 6.92 Å². The lowest BCUT2D eigenvalue weighted by molar-refractivity contribution is -0.384. The van der Waals surface area contributed by atoms with E-state index in [2.05, 4.69) is 10.6 Å². The first-order chi connectivity index (χ1) is 9.73. The first-order valence-electron chi connectivity index (χ1n) is 6.40. The van der Waals surface area contributed by atoms with E-state index in [4.69, 9.17) is 0 Å². The Kier molecular flexibility index (Phi) is 5.57. The van der Waals surface area contributed by atoms with Crippen LogP contribution in [0.1, 0.15) is 20.8 Å². The SMILES string of the molecule is CC(C)CNC(=O)C(C)Nc1c([N+](=O)[O-])ccc(F)c1F. The van der Waals surface area contributed by atoms with Crippen LogP contribution in [0.15, 0.2) is 12.1 Å². The number of rotatable bonds is 6. The average molecular weight is 301 g/mol. The van der Waals surface area contributed by atoms with Crippen molar-refractivity contribution in [3.8, 4) is 0 Å². The van der Waals surface area contributed by atoms with Crippen molar-refractivity contribution in [2.24, 2.45) is 5.92 Å².